The van der Waals surface area contributed by atoms with Crippen molar-refractivity contribution in [2.75, 3.05) is 12.8 Å². The molecule has 0 saturated heterocycles. The van der Waals surface area contributed by atoms with E-state index in [1.54, 1.807) is 23.9 Å². The lowest BCUT2D eigenvalue weighted by molar-refractivity contribution is 0.182. The topological polar surface area (TPSA) is 66.4 Å². The molecule has 2 aromatic carbocycles. The summed E-state index contributed by atoms with van der Waals surface area (Å²) < 4.78 is 39.6. The first-order valence-corrected chi connectivity index (χ1v) is 9.69. The molecule has 1 unspecified atom stereocenters. The number of nitrogens with one attached hydrogen (secondary N) is 1. The van der Waals surface area contributed by atoms with Crippen molar-refractivity contribution in [2.24, 2.45) is 0 Å². The Kier molecular flexibility index (Phi) is 6.05. The zero-order valence-electron chi connectivity index (χ0n) is 12.2. The Labute approximate surface area is 143 Å². The predicted octanol–water partition coefficient (Wildman–Crippen LogP) is 3.21. The molecule has 0 amide bonds. The smallest absolute Gasteiger partial charge is 0.240 e. The van der Waals surface area contributed by atoms with Gasteiger partial charge in [0.15, 0.2) is 0 Å². The number of benzene rings is 2. The van der Waals surface area contributed by atoms with Crippen molar-refractivity contribution in [1.29, 1.82) is 0 Å². The molecule has 2 N–H and O–H groups in total. The minimum absolute atomic E-state index is 0.158. The van der Waals surface area contributed by atoms with Crippen molar-refractivity contribution >= 4 is 33.4 Å². The van der Waals surface area contributed by atoms with Crippen LogP contribution in [0.3, 0.4) is 0 Å². The van der Waals surface area contributed by atoms with Gasteiger partial charge in [0, 0.05) is 11.4 Å². The first-order valence-electron chi connectivity index (χ1n) is 6.60. The highest BCUT2D eigenvalue weighted by Gasteiger charge is 2.18. The van der Waals surface area contributed by atoms with E-state index in [-0.39, 0.29) is 16.5 Å². The summed E-state index contributed by atoms with van der Waals surface area (Å²) >= 11 is 7.16. The lowest BCUT2D eigenvalue weighted by Crippen LogP contribution is -2.28. The monoisotopic (exact) mass is 375 g/mol. The third kappa shape index (κ3) is 4.68. The fourth-order valence-corrected chi connectivity index (χ4v) is 3.58. The molecule has 23 heavy (non-hydrogen) atoms. The molecule has 0 aliphatic rings. The third-order valence-corrected chi connectivity index (χ3v) is 5.62. The molecule has 0 bridgehead atoms. The van der Waals surface area contributed by atoms with Gasteiger partial charge in [-0.15, -0.1) is 11.8 Å². The average Bonchev–Trinajstić information content (AvgIpc) is 2.55. The summed E-state index contributed by atoms with van der Waals surface area (Å²) in [5, 5.41) is 9.80. The Morgan fingerprint density at radius 2 is 1.91 bits per heavy atom. The number of thioether (sulfide) groups is 1. The van der Waals surface area contributed by atoms with E-state index in [1.807, 2.05) is 18.4 Å². The van der Waals surface area contributed by atoms with E-state index >= 15 is 0 Å². The number of aliphatic hydroxyl groups is 1. The van der Waals surface area contributed by atoms with E-state index in [0.29, 0.717) is 5.56 Å². The standard InChI is InChI=1S/C15H15ClFNO3S2/c1-22-11-4-2-10(3-5-11)15(19)9-18-23(20,21)12-6-7-14(17)13(16)8-12/h2-8,15,18-19H,9H2,1H3. The largest absolute Gasteiger partial charge is 0.387 e. The van der Waals surface area contributed by atoms with Gasteiger partial charge < -0.3 is 5.11 Å². The fourth-order valence-electron chi connectivity index (χ4n) is 1.86. The molecular formula is C15H15ClFNO3S2. The highest BCUT2D eigenvalue weighted by molar-refractivity contribution is 7.98. The summed E-state index contributed by atoms with van der Waals surface area (Å²) in [6.45, 7) is -0.198. The van der Waals surface area contributed by atoms with Crippen molar-refractivity contribution in [3.05, 3.63) is 58.9 Å². The second-order valence-electron chi connectivity index (χ2n) is 4.72. The Morgan fingerprint density at radius 1 is 1.26 bits per heavy atom. The van der Waals surface area contributed by atoms with Crippen LogP contribution in [0.1, 0.15) is 11.7 Å². The third-order valence-electron chi connectivity index (χ3n) is 3.17. The molecule has 0 radical (unpaired) electrons. The Bertz CT molecular complexity index is 782. The van der Waals surface area contributed by atoms with Gasteiger partial charge in [-0.05, 0) is 42.2 Å². The summed E-state index contributed by atoms with van der Waals surface area (Å²) in [5.41, 5.74) is 0.600. The van der Waals surface area contributed by atoms with Crippen LogP contribution < -0.4 is 4.72 Å². The van der Waals surface area contributed by atoms with E-state index in [2.05, 4.69) is 4.72 Å². The van der Waals surface area contributed by atoms with Crippen LogP contribution in [0.15, 0.2) is 52.3 Å². The van der Waals surface area contributed by atoms with Gasteiger partial charge in [0.2, 0.25) is 10.0 Å². The van der Waals surface area contributed by atoms with Gasteiger partial charge in [0.1, 0.15) is 5.82 Å². The Morgan fingerprint density at radius 3 is 2.48 bits per heavy atom. The quantitative estimate of drug-likeness (QED) is 0.761. The van der Waals surface area contributed by atoms with Crippen molar-refractivity contribution in [3.63, 3.8) is 0 Å². The summed E-state index contributed by atoms with van der Waals surface area (Å²) in [7, 11) is -3.88. The maximum Gasteiger partial charge on any atom is 0.240 e. The second-order valence-corrected chi connectivity index (χ2v) is 7.77. The summed E-state index contributed by atoms with van der Waals surface area (Å²) in [4.78, 5) is 0.885. The van der Waals surface area contributed by atoms with E-state index in [1.165, 1.54) is 0 Å². The maximum absolute atomic E-state index is 13.1. The van der Waals surface area contributed by atoms with Crippen LogP contribution in [0, 0.1) is 5.82 Å². The predicted molar refractivity (Wildman–Crippen MR) is 89.8 cm³/mol. The van der Waals surface area contributed by atoms with Crippen LogP contribution in [0.2, 0.25) is 5.02 Å². The van der Waals surface area contributed by atoms with Crippen LogP contribution in [0.5, 0.6) is 0 Å². The molecule has 0 spiro atoms. The van der Waals surface area contributed by atoms with Gasteiger partial charge >= 0.3 is 0 Å². The second kappa shape index (κ2) is 7.63. The van der Waals surface area contributed by atoms with Crippen LogP contribution >= 0.6 is 23.4 Å². The first kappa shape index (κ1) is 18.2. The summed E-state index contributed by atoms with van der Waals surface area (Å²) in [6.07, 6.45) is 0.949. The fraction of sp³-hybridized carbons (Fsp3) is 0.200. The maximum atomic E-state index is 13.1. The highest BCUT2D eigenvalue weighted by atomic mass is 35.5. The van der Waals surface area contributed by atoms with E-state index in [4.69, 9.17) is 11.6 Å². The number of rotatable bonds is 6. The molecule has 2 rings (SSSR count). The highest BCUT2D eigenvalue weighted by Crippen LogP contribution is 2.21. The molecule has 124 valence electrons. The van der Waals surface area contributed by atoms with Crippen molar-refractivity contribution in [1.82, 2.24) is 4.72 Å². The average molecular weight is 376 g/mol. The number of halogens is 2. The molecule has 0 heterocycles. The van der Waals surface area contributed by atoms with Crippen LogP contribution in [0.25, 0.3) is 0 Å². The Balaban J connectivity index is 2.06. The van der Waals surface area contributed by atoms with Crippen LogP contribution in [-0.2, 0) is 10.0 Å². The number of hydrogen-bond acceptors (Lipinski definition) is 4. The van der Waals surface area contributed by atoms with Gasteiger partial charge in [0.25, 0.3) is 0 Å². The van der Waals surface area contributed by atoms with E-state index in [9.17, 15) is 17.9 Å². The van der Waals surface area contributed by atoms with Crippen molar-refractivity contribution in [3.8, 4) is 0 Å². The minimum atomic E-state index is -3.88. The first-order chi connectivity index (χ1) is 10.8. The number of aliphatic hydroxyl groups excluding tert-OH is 1. The summed E-state index contributed by atoms with van der Waals surface area (Å²) in [5.74, 6) is -0.695. The minimum Gasteiger partial charge on any atom is -0.387 e. The molecule has 2 aromatic rings. The molecule has 1 atom stereocenters. The van der Waals surface area contributed by atoms with Gasteiger partial charge in [-0.2, -0.15) is 0 Å². The lowest BCUT2D eigenvalue weighted by atomic mass is 10.1. The van der Waals surface area contributed by atoms with E-state index < -0.39 is 21.9 Å². The molecule has 0 aromatic heterocycles. The molecule has 4 nitrogen and oxygen atoms in total. The van der Waals surface area contributed by atoms with Gasteiger partial charge in [-0.25, -0.2) is 17.5 Å². The molecule has 0 saturated carbocycles. The SMILES string of the molecule is CSc1ccc(C(O)CNS(=O)(=O)c2ccc(F)c(Cl)c2)cc1. The molecule has 8 heteroatoms. The molecule has 0 aliphatic carbocycles. The zero-order chi connectivity index (χ0) is 17.0. The molecule has 0 fully saturated rings. The van der Waals surface area contributed by atoms with Crippen LogP contribution in [-0.4, -0.2) is 26.3 Å². The number of sulfonamides is 1. The van der Waals surface area contributed by atoms with Crippen molar-refractivity contribution in [2.45, 2.75) is 15.9 Å². The number of hydrogen-bond donors (Lipinski definition) is 2. The van der Waals surface area contributed by atoms with Crippen molar-refractivity contribution < 1.29 is 17.9 Å². The van der Waals surface area contributed by atoms with Gasteiger partial charge in [-0.1, -0.05) is 23.7 Å². The normalized spacial score (nSPS) is 13.0. The molecular weight excluding hydrogens is 361 g/mol. The molecule has 0 aliphatic heterocycles. The van der Waals surface area contributed by atoms with Gasteiger partial charge in [-0.3, -0.25) is 0 Å². The van der Waals surface area contributed by atoms with E-state index in [0.717, 1.165) is 23.1 Å². The summed E-state index contributed by atoms with van der Waals surface area (Å²) in [6, 6.07) is 10.3. The lowest BCUT2D eigenvalue weighted by Gasteiger charge is -2.13. The van der Waals surface area contributed by atoms with Crippen LogP contribution in [0.4, 0.5) is 4.39 Å². The zero-order valence-corrected chi connectivity index (χ0v) is 14.6. The van der Waals surface area contributed by atoms with Gasteiger partial charge in [0.05, 0.1) is 16.0 Å². The Hall–Kier alpha value is -1.12.